The van der Waals surface area contributed by atoms with Gasteiger partial charge in [-0.15, -0.1) is 0 Å². The number of benzene rings is 1. The van der Waals surface area contributed by atoms with E-state index in [1.165, 1.54) is 11.9 Å². The topological polar surface area (TPSA) is 46.3 Å². The van der Waals surface area contributed by atoms with E-state index in [0.29, 0.717) is 11.4 Å². The van der Waals surface area contributed by atoms with Gasteiger partial charge in [-0.1, -0.05) is 6.07 Å². The van der Waals surface area contributed by atoms with Crippen LogP contribution in [0.3, 0.4) is 0 Å². The number of nitrogen functional groups attached to an aromatic ring is 1. The highest BCUT2D eigenvalue weighted by atomic mass is 19.1. The number of anilines is 2. The molecule has 0 heterocycles. The third-order valence-corrected chi connectivity index (χ3v) is 1.75. The van der Waals surface area contributed by atoms with Crippen LogP contribution in [0.4, 0.5) is 15.8 Å². The first-order valence-corrected chi connectivity index (χ1v) is 3.83. The average Bonchev–Trinajstić information content (AvgIpc) is 2.15. The average molecular weight is 182 g/mol. The first kappa shape index (κ1) is 9.51. The lowest BCUT2D eigenvalue weighted by Gasteiger charge is -2.15. The van der Waals surface area contributed by atoms with Crippen LogP contribution < -0.4 is 10.6 Å². The van der Waals surface area contributed by atoms with E-state index in [1.54, 1.807) is 24.3 Å². The van der Waals surface area contributed by atoms with E-state index in [2.05, 4.69) is 0 Å². The molecule has 0 atom stereocenters. The van der Waals surface area contributed by atoms with Gasteiger partial charge in [-0.2, -0.15) is 0 Å². The van der Waals surface area contributed by atoms with Gasteiger partial charge >= 0.3 is 0 Å². The summed E-state index contributed by atoms with van der Waals surface area (Å²) in [7, 11) is 1.51. The summed E-state index contributed by atoms with van der Waals surface area (Å²) in [6.07, 6.45) is 0. The highest BCUT2D eigenvalue weighted by Crippen LogP contribution is 2.15. The van der Waals surface area contributed by atoms with Gasteiger partial charge in [0.05, 0.1) is 0 Å². The van der Waals surface area contributed by atoms with Crippen LogP contribution in [0.25, 0.3) is 0 Å². The molecule has 70 valence electrons. The second-order valence-corrected chi connectivity index (χ2v) is 2.68. The van der Waals surface area contributed by atoms with Crippen LogP contribution in [0.5, 0.6) is 0 Å². The molecule has 0 aliphatic heterocycles. The van der Waals surface area contributed by atoms with Gasteiger partial charge in [-0.05, 0) is 18.2 Å². The van der Waals surface area contributed by atoms with Gasteiger partial charge in [0.15, 0.2) is 6.67 Å². The van der Waals surface area contributed by atoms with Crippen LogP contribution in [-0.2, 0) is 4.79 Å². The predicted octanol–water partition coefficient (Wildman–Crippen LogP) is 1.20. The van der Waals surface area contributed by atoms with Gasteiger partial charge < -0.3 is 10.6 Å². The summed E-state index contributed by atoms with van der Waals surface area (Å²) >= 11 is 0. The minimum atomic E-state index is -0.995. The van der Waals surface area contributed by atoms with Crippen LogP contribution in [0.2, 0.25) is 0 Å². The van der Waals surface area contributed by atoms with Crippen molar-refractivity contribution >= 4 is 17.3 Å². The maximum atomic E-state index is 12.0. The molecule has 1 aromatic carbocycles. The van der Waals surface area contributed by atoms with Crippen molar-refractivity contribution in [2.45, 2.75) is 0 Å². The van der Waals surface area contributed by atoms with Crippen molar-refractivity contribution in [1.29, 1.82) is 0 Å². The van der Waals surface area contributed by atoms with Gasteiger partial charge in [0, 0.05) is 18.4 Å². The second kappa shape index (κ2) is 3.89. The number of halogens is 1. The summed E-state index contributed by atoms with van der Waals surface area (Å²) in [4.78, 5) is 12.2. The molecule has 0 radical (unpaired) electrons. The van der Waals surface area contributed by atoms with Gasteiger partial charge in [0.2, 0.25) is 0 Å². The maximum absolute atomic E-state index is 12.0. The normalized spacial score (nSPS) is 9.69. The summed E-state index contributed by atoms with van der Waals surface area (Å²) in [5, 5.41) is 0. The first-order valence-electron chi connectivity index (χ1n) is 3.83. The number of rotatable bonds is 2. The predicted molar refractivity (Wildman–Crippen MR) is 50.2 cm³/mol. The van der Waals surface area contributed by atoms with Crippen LogP contribution >= 0.6 is 0 Å². The molecule has 4 heteroatoms. The molecule has 13 heavy (non-hydrogen) atoms. The minimum absolute atomic E-state index is 0.552. The van der Waals surface area contributed by atoms with Gasteiger partial charge in [-0.3, -0.25) is 4.79 Å². The van der Waals surface area contributed by atoms with Crippen LogP contribution in [0.1, 0.15) is 0 Å². The molecule has 0 spiro atoms. The van der Waals surface area contributed by atoms with Crippen LogP contribution in [-0.4, -0.2) is 19.6 Å². The Hall–Kier alpha value is -1.58. The van der Waals surface area contributed by atoms with E-state index in [9.17, 15) is 9.18 Å². The molecule has 0 aliphatic rings. The fourth-order valence-electron chi connectivity index (χ4n) is 0.967. The molecule has 0 bridgehead atoms. The smallest absolute Gasteiger partial charge is 0.258 e. The molecule has 0 fully saturated rings. The lowest BCUT2D eigenvalue weighted by molar-refractivity contribution is -0.119. The molecular formula is C9H11FN2O. The van der Waals surface area contributed by atoms with Crippen molar-refractivity contribution < 1.29 is 9.18 Å². The SMILES string of the molecule is CN(C(=O)CF)c1cccc(N)c1. The number of carbonyl (C=O) groups is 1. The molecule has 3 nitrogen and oxygen atoms in total. The quantitative estimate of drug-likeness (QED) is 0.698. The van der Waals surface area contributed by atoms with Gasteiger partial charge in [0.25, 0.3) is 5.91 Å². The number of amides is 1. The van der Waals surface area contributed by atoms with Crippen LogP contribution in [0, 0.1) is 0 Å². The van der Waals surface area contributed by atoms with E-state index >= 15 is 0 Å². The zero-order valence-electron chi connectivity index (χ0n) is 7.33. The standard InChI is InChI=1S/C9H11FN2O/c1-12(9(13)6-10)8-4-2-3-7(11)5-8/h2-5H,6,11H2,1H3. The summed E-state index contributed by atoms with van der Waals surface area (Å²) in [6, 6.07) is 6.74. The van der Waals surface area contributed by atoms with Crippen LogP contribution in [0.15, 0.2) is 24.3 Å². The Balaban J connectivity index is 2.88. The van der Waals surface area contributed by atoms with Crippen molar-refractivity contribution in [1.82, 2.24) is 0 Å². The monoisotopic (exact) mass is 182 g/mol. The molecule has 2 N–H and O–H groups in total. The molecular weight excluding hydrogens is 171 g/mol. The lowest BCUT2D eigenvalue weighted by Crippen LogP contribution is -2.27. The summed E-state index contributed by atoms with van der Waals surface area (Å²) in [5.41, 5.74) is 6.66. The first-order chi connectivity index (χ1) is 6.15. The zero-order chi connectivity index (χ0) is 9.84. The molecule has 0 aliphatic carbocycles. The van der Waals surface area contributed by atoms with E-state index < -0.39 is 12.6 Å². The number of nitrogens with two attached hydrogens (primary N) is 1. The fourth-order valence-corrected chi connectivity index (χ4v) is 0.967. The number of alkyl halides is 1. The second-order valence-electron chi connectivity index (χ2n) is 2.68. The van der Waals surface area contributed by atoms with E-state index in [-0.39, 0.29) is 0 Å². The Bertz CT molecular complexity index is 314. The third-order valence-electron chi connectivity index (χ3n) is 1.75. The van der Waals surface area contributed by atoms with Gasteiger partial charge in [-0.25, -0.2) is 4.39 Å². The highest BCUT2D eigenvalue weighted by Gasteiger charge is 2.09. The van der Waals surface area contributed by atoms with Crippen molar-refractivity contribution in [2.75, 3.05) is 24.4 Å². The zero-order valence-corrected chi connectivity index (χ0v) is 7.33. The van der Waals surface area contributed by atoms with Gasteiger partial charge in [0.1, 0.15) is 0 Å². The number of hydrogen-bond donors (Lipinski definition) is 1. The van der Waals surface area contributed by atoms with E-state index in [0.717, 1.165) is 0 Å². The highest BCUT2D eigenvalue weighted by molar-refractivity contribution is 5.94. The molecule has 1 rings (SSSR count). The number of carbonyl (C=O) groups excluding carboxylic acids is 1. The maximum Gasteiger partial charge on any atom is 0.258 e. The molecule has 0 saturated heterocycles. The fraction of sp³-hybridized carbons (Fsp3) is 0.222. The largest absolute Gasteiger partial charge is 0.399 e. The van der Waals surface area contributed by atoms with E-state index in [4.69, 9.17) is 5.73 Å². The molecule has 0 saturated carbocycles. The Kier molecular flexibility index (Phi) is 2.84. The van der Waals surface area contributed by atoms with Crippen molar-refractivity contribution in [3.8, 4) is 0 Å². The summed E-state index contributed by atoms with van der Waals surface area (Å²) in [6.45, 7) is -0.995. The minimum Gasteiger partial charge on any atom is -0.399 e. The molecule has 0 aromatic heterocycles. The number of hydrogen-bond acceptors (Lipinski definition) is 2. The van der Waals surface area contributed by atoms with Crippen molar-refractivity contribution in [3.05, 3.63) is 24.3 Å². The summed E-state index contributed by atoms with van der Waals surface area (Å²) in [5.74, 6) is -0.578. The molecule has 1 amide bonds. The Morgan fingerprint density at radius 2 is 2.31 bits per heavy atom. The van der Waals surface area contributed by atoms with E-state index in [1.807, 2.05) is 0 Å². The molecule has 0 unspecified atom stereocenters. The number of nitrogens with zero attached hydrogens (tertiary/aromatic N) is 1. The third kappa shape index (κ3) is 2.18. The Morgan fingerprint density at radius 1 is 1.62 bits per heavy atom. The Labute approximate surface area is 76.0 Å². The Morgan fingerprint density at radius 3 is 2.85 bits per heavy atom. The lowest BCUT2D eigenvalue weighted by atomic mass is 10.2. The van der Waals surface area contributed by atoms with Crippen molar-refractivity contribution in [3.63, 3.8) is 0 Å². The summed E-state index contributed by atoms with van der Waals surface area (Å²) < 4.78 is 12.0. The van der Waals surface area contributed by atoms with Crippen molar-refractivity contribution in [2.24, 2.45) is 0 Å². The molecule has 1 aromatic rings.